The van der Waals surface area contributed by atoms with Gasteiger partial charge >= 0.3 is 0 Å². The van der Waals surface area contributed by atoms with Gasteiger partial charge in [-0.2, -0.15) is 0 Å². The first-order chi connectivity index (χ1) is 9.02. The van der Waals surface area contributed by atoms with E-state index in [0.29, 0.717) is 17.9 Å². The highest BCUT2D eigenvalue weighted by molar-refractivity contribution is 5.81. The normalized spacial score (nSPS) is 20.5. The maximum Gasteiger partial charge on any atom is 0.264 e. The maximum absolute atomic E-state index is 11.9. The van der Waals surface area contributed by atoms with Crippen LogP contribution in [0.2, 0.25) is 0 Å². The fourth-order valence-electron chi connectivity index (χ4n) is 1.67. The molecule has 1 heterocycles. The van der Waals surface area contributed by atoms with Gasteiger partial charge in [0.05, 0.1) is 5.60 Å². The Balaban J connectivity index is 1.92. The molecule has 1 aliphatic rings. The summed E-state index contributed by atoms with van der Waals surface area (Å²) in [5.41, 5.74) is -0.900. The second kappa shape index (κ2) is 5.48. The first-order valence-electron chi connectivity index (χ1n) is 6.40. The van der Waals surface area contributed by atoms with Gasteiger partial charge in [0.1, 0.15) is 6.61 Å². The van der Waals surface area contributed by atoms with Crippen molar-refractivity contribution in [3.8, 4) is 11.5 Å². The molecule has 19 heavy (non-hydrogen) atoms. The quantitative estimate of drug-likeness (QED) is 0.855. The number of amides is 1. The van der Waals surface area contributed by atoms with Crippen LogP contribution in [0.4, 0.5) is 0 Å². The molecule has 0 bridgehead atoms. The van der Waals surface area contributed by atoms with Crippen LogP contribution in [0.1, 0.15) is 20.3 Å². The minimum atomic E-state index is -0.900. The zero-order valence-electron chi connectivity index (χ0n) is 11.2. The summed E-state index contributed by atoms with van der Waals surface area (Å²) in [6.07, 6.45) is -0.111. The van der Waals surface area contributed by atoms with Gasteiger partial charge in [-0.1, -0.05) is 19.1 Å². The number of carbonyl (C=O) groups excluding carboxylic acids is 1. The van der Waals surface area contributed by atoms with Crippen molar-refractivity contribution in [1.82, 2.24) is 5.32 Å². The lowest BCUT2D eigenvalue weighted by Crippen LogP contribution is -2.48. The summed E-state index contributed by atoms with van der Waals surface area (Å²) < 4.78 is 11.0. The van der Waals surface area contributed by atoms with Gasteiger partial charge in [0.15, 0.2) is 11.5 Å². The van der Waals surface area contributed by atoms with Crippen molar-refractivity contribution in [3.05, 3.63) is 24.3 Å². The molecule has 0 radical (unpaired) electrons. The maximum atomic E-state index is 11.9. The second-order valence-electron chi connectivity index (χ2n) is 4.93. The summed E-state index contributed by atoms with van der Waals surface area (Å²) in [6, 6.07) is 7.23. The molecule has 2 unspecified atom stereocenters. The average molecular weight is 265 g/mol. The molecule has 1 aromatic rings. The molecule has 2 rings (SSSR count). The summed E-state index contributed by atoms with van der Waals surface area (Å²) >= 11 is 0. The number of rotatable bonds is 4. The van der Waals surface area contributed by atoms with Crippen LogP contribution < -0.4 is 14.8 Å². The van der Waals surface area contributed by atoms with Crippen LogP contribution in [0.15, 0.2) is 24.3 Å². The first kappa shape index (κ1) is 13.7. The Morgan fingerprint density at radius 3 is 2.84 bits per heavy atom. The highest BCUT2D eigenvalue weighted by Gasteiger charge is 2.28. The Hall–Kier alpha value is -1.75. The third-order valence-corrected chi connectivity index (χ3v) is 3.21. The van der Waals surface area contributed by atoms with Crippen molar-refractivity contribution in [1.29, 1.82) is 0 Å². The van der Waals surface area contributed by atoms with Gasteiger partial charge in [0, 0.05) is 6.54 Å². The molecule has 1 amide bonds. The largest absolute Gasteiger partial charge is 0.485 e. The Bertz CT molecular complexity index is 459. The van der Waals surface area contributed by atoms with E-state index in [4.69, 9.17) is 9.47 Å². The Morgan fingerprint density at radius 2 is 2.16 bits per heavy atom. The number of ether oxygens (including phenoxy) is 2. The monoisotopic (exact) mass is 265 g/mol. The number of para-hydroxylation sites is 2. The van der Waals surface area contributed by atoms with Crippen molar-refractivity contribution < 1.29 is 19.4 Å². The van der Waals surface area contributed by atoms with Crippen LogP contribution in [0.3, 0.4) is 0 Å². The molecular weight excluding hydrogens is 246 g/mol. The Morgan fingerprint density at radius 1 is 1.47 bits per heavy atom. The molecule has 2 N–H and O–H groups in total. The standard InChI is InChI=1S/C14H19NO4/c1-3-14(2,17)9-15-13(16)12-8-18-10-6-4-5-7-11(10)19-12/h4-7,12,17H,3,8-9H2,1-2H3,(H,15,16). The molecule has 0 fully saturated rings. The van der Waals surface area contributed by atoms with Gasteiger partial charge < -0.3 is 19.9 Å². The lowest BCUT2D eigenvalue weighted by atomic mass is 10.0. The molecule has 1 aromatic carbocycles. The number of aliphatic hydroxyl groups is 1. The summed E-state index contributed by atoms with van der Waals surface area (Å²) in [5, 5.41) is 12.5. The van der Waals surface area contributed by atoms with Gasteiger partial charge in [0.25, 0.3) is 5.91 Å². The minimum absolute atomic E-state index is 0.178. The molecule has 5 heteroatoms. The Labute approximate surface area is 112 Å². The van der Waals surface area contributed by atoms with E-state index >= 15 is 0 Å². The lowest BCUT2D eigenvalue weighted by Gasteiger charge is -2.27. The van der Waals surface area contributed by atoms with E-state index in [-0.39, 0.29) is 19.1 Å². The van der Waals surface area contributed by atoms with Crippen LogP contribution in [-0.4, -0.2) is 35.9 Å². The summed E-state index contributed by atoms with van der Waals surface area (Å²) in [4.78, 5) is 11.9. The molecule has 2 atom stereocenters. The third-order valence-electron chi connectivity index (χ3n) is 3.21. The van der Waals surface area contributed by atoms with E-state index in [9.17, 15) is 9.90 Å². The second-order valence-corrected chi connectivity index (χ2v) is 4.93. The average Bonchev–Trinajstić information content (AvgIpc) is 2.44. The number of hydrogen-bond donors (Lipinski definition) is 2. The van der Waals surface area contributed by atoms with Crippen LogP contribution >= 0.6 is 0 Å². The van der Waals surface area contributed by atoms with E-state index in [1.807, 2.05) is 19.1 Å². The van der Waals surface area contributed by atoms with Crippen LogP contribution in [0.5, 0.6) is 11.5 Å². The SMILES string of the molecule is CCC(C)(O)CNC(=O)C1COc2ccccc2O1. The highest BCUT2D eigenvalue weighted by Crippen LogP contribution is 2.30. The molecule has 0 aromatic heterocycles. The topological polar surface area (TPSA) is 67.8 Å². The van der Waals surface area contributed by atoms with E-state index in [1.165, 1.54) is 0 Å². The zero-order valence-corrected chi connectivity index (χ0v) is 11.2. The number of fused-ring (bicyclic) bond motifs is 1. The van der Waals surface area contributed by atoms with Crippen molar-refractivity contribution in [2.45, 2.75) is 32.0 Å². The van der Waals surface area contributed by atoms with Gasteiger partial charge in [-0.05, 0) is 25.5 Å². The van der Waals surface area contributed by atoms with Crippen molar-refractivity contribution >= 4 is 5.91 Å². The van der Waals surface area contributed by atoms with Crippen LogP contribution in [0.25, 0.3) is 0 Å². The molecule has 1 aliphatic heterocycles. The smallest absolute Gasteiger partial charge is 0.264 e. The molecule has 0 saturated heterocycles. The summed E-state index contributed by atoms with van der Waals surface area (Å²) in [6.45, 7) is 3.92. The number of carbonyl (C=O) groups is 1. The van der Waals surface area contributed by atoms with Crippen molar-refractivity contribution in [2.24, 2.45) is 0 Å². The summed E-state index contributed by atoms with van der Waals surface area (Å²) in [7, 11) is 0. The van der Waals surface area contributed by atoms with E-state index in [1.54, 1.807) is 19.1 Å². The number of benzene rings is 1. The molecule has 0 saturated carbocycles. The predicted molar refractivity (Wildman–Crippen MR) is 70.3 cm³/mol. The third kappa shape index (κ3) is 3.38. The fraction of sp³-hybridized carbons (Fsp3) is 0.500. The fourth-order valence-corrected chi connectivity index (χ4v) is 1.67. The summed E-state index contributed by atoms with van der Waals surface area (Å²) in [5.74, 6) is 0.937. The lowest BCUT2D eigenvalue weighted by molar-refractivity contribution is -0.131. The van der Waals surface area contributed by atoms with E-state index < -0.39 is 11.7 Å². The molecule has 0 aliphatic carbocycles. The predicted octanol–water partition coefficient (Wildman–Crippen LogP) is 1.10. The van der Waals surface area contributed by atoms with Crippen molar-refractivity contribution in [3.63, 3.8) is 0 Å². The van der Waals surface area contributed by atoms with Crippen molar-refractivity contribution in [2.75, 3.05) is 13.2 Å². The van der Waals surface area contributed by atoms with E-state index in [2.05, 4.69) is 5.32 Å². The van der Waals surface area contributed by atoms with E-state index in [0.717, 1.165) is 0 Å². The van der Waals surface area contributed by atoms with Crippen LogP contribution in [-0.2, 0) is 4.79 Å². The Kier molecular flexibility index (Phi) is 3.95. The molecule has 104 valence electrons. The molecule has 5 nitrogen and oxygen atoms in total. The number of hydrogen-bond acceptors (Lipinski definition) is 4. The van der Waals surface area contributed by atoms with Crippen LogP contribution in [0, 0.1) is 0 Å². The first-order valence-corrected chi connectivity index (χ1v) is 6.40. The zero-order chi connectivity index (χ0) is 13.9. The molecule has 0 spiro atoms. The van der Waals surface area contributed by atoms with Gasteiger partial charge in [-0.15, -0.1) is 0 Å². The van der Waals surface area contributed by atoms with Gasteiger partial charge in [0.2, 0.25) is 6.10 Å². The minimum Gasteiger partial charge on any atom is -0.485 e. The van der Waals surface area contributed by atoms with Gasteiger partial charge in [-0.3, -0.25) is 4.79 Å². The number of nitrogens with one attached hydrogen (secondary N) is 1. The van der Waals surface area contributed by atoms with Gasteiger partial charge in [-0.25, -0.2) is 0 Å². The molecular formula is C14H19NO4. The highest BCUT2D eigenvalue weighted by atomic mass is 16.6.